The summed E-state index contributed by atoms with van der Waals surface area (Å²) < 4.78 is 0. The maximum absolute atomic E-state index is 4.97. The lowest BCUT2D eigenvalue weighted by molar-refractivity contribution is 0.733. The predicted octanol–water partition coefficient (Wildman–Crippen LogP) is 4.90. The minimum atomic E-state index is 0.283. The highest BCUT2D eigenvalue weighted by molar-refractivity contribution is 6.08. The molecule has 1 heteroatoms. The Bertz CT molecular complexity index is 779. The molecule has 2 aromatic carbocycles. The Balaban J connectivity index is 1.87. The van der Waals surface area contributed by atoms with Crippen LogP contribution in [0.2, 0.25) is 0 Å². The molecular formula is C21H17N. The van der Waals surface area contributed by atoms with Crippen LogP contribution in [0, 0.1) is 5.92 Å². The number of hydrogen-bond acceptors (Lipinski definition) is 1. The molecule has 4 rings (SSSR count). The Kier molecular flexibility index (Phi) is 3.32. The molecule has 2 aromatic rings. The van der Waals surface area contributed by atoms with Crippen LogP contribution in [-0.4, -0.2) is 5.71 Å². The first-order chi connectivity index (χ1) is 10.9. The minimum absolute atomic E-state index is 0.283. The second kappa shape index (κ2) is 5.61. The Morgan fingerprint density at radius 2 is 1.45 bits per heavy atom. The fourth-order valence-corrected chi connectivity index (χ4v) is 3.26. The summed E-state index contributed by atoms with van der Waals surface area (Å²) in [5, 5.41) is 0. The first-order valence-electron chi connectivity index (χ1n) is 7.67. The van der Waals surface area contributed by atoms with Crippen LogP contribution in [0.3, 0.4) is 0 Å². The fourth-order valence-electron chi connectivity index (χ4n) is 3.26. The highest BCUT2D eigenvalue weighted by Gasteiger charge is 2.35. The van der Waals surface area contributed by atoms with Crippen LogP contribution >= 0.6 is 0 Å². The zero-order valence-electron chi connectivity index (χ0n) is 12.3. The maximum atomic E-state index is 4.97. The van der Waals surface area contributed by atoms with Crippen molar-refractivity contribution in [3.8, 4) is 0 Å². The van der Waals surface area contributed by atoms with E-state index in [0.717, 1.165) is 5.70 Å². The zero-order chi connectivity index (χ0) is 14.8. The van der Waals surface area contributed by atoms with Gasteiger partial charge in [-0.05, 0) is 17.2 Å². The summed E-state index contributed by atoms with van der Waals surface area (Å²) in [5.74, 6) is 0.596. The molecule has 1 heterocycles. The third-order valence-electron chi connectivity index (χ3n) is 4.28. The highest BCUT2D eigenvalue weighted by atomic mass is 14.8. The molecule has 0 spiro atoms. The van der Waals surface area contributed by atoms with E-state index in [1.165, 1.54) is 16.8 Å². The molecule has 0 radical (unpaired) electrons. The quantitative estimate of drug-likeness (QED) is 0.743. The van der Waals surface area contributed by atoms with Crippen molar-refractivity contribution in [1.82, 2.24) is 0 Å². The van der Waals surface area contributed by atoms with Crippen LogP contribution in [0.4, 0.5) is 0 Å². The van der Waals surface area contributed by atoms with Crippen LogP contribution in [0.25, 0.3) is 0 Å². The fraction of sp³-hybridized carbons (Fsp3) is 0.0952. The number of fused-ring (bicyclic) bond motifs is 1. The van der Waals surface area contributed by atoms with Crippen molar-refractivity contribution in [2.45, 2.75) is 5.92 Å². The van der Waals surface area contributed by atoms with Gasteiger partial charge in [-0.25, -0.2) is 0 Å². The monoisotopic (exact) mass is 283 g/mol. The summed E-state index contributed by atoms with van der Waals surface area (Å²) >= 11 is 0. The average Bonchev–Trinajstić information content (AvgIpc) is 2.79. The lowest BCUT2D eigenvalue weighted by Crippen LogP contribution is -2.16. The lowest BCUT2D eigenvalue weighted by Gasteiger charge is -2.19. The van der Waals surface area contributed by atoms with Gasteiger partial charge in [0, 0.05) is 17.5 Å². The van der Waals surface area contributed by atoms with Crippen LogP contribution < -0.4 is 0 Å². The second-order valence-corrected chi connectivity index (χ2v) is 5.64. The number of benzene rings is 2. The van der Waals surface area contributed by atoms with Gasteiger partial charge in [-0.2, -0.15) is 0 Å². The lowest BCUT2D eigenvalue weighted by atomic mass is 9.81. The van der Waals surface area contributed by atoms with Crippen molar-refractivity contribution in [3.63, 3.8) is 0 Å². The van der Waals surface area contributed by atoms with Crippen molar-refractivity contribution in [1.29, 1.82) is 0 Å². The second-order valence-electron chi connectivity index (χ2n) is 5.64. The predicted molar refractivity (Wildman–Crippen MR) is 92.0 cm³/mol. The van der Waals surface area contributed by atoms with Crippen molar-refractivity contribution in [3.05, 3.63) is 108 Å². The molecule has 0 bridgehead atoms. The molecule has 2 unspecified atom stereocenters. The third-order valence-corrected chi connectivity index (χ3v) is 4.28. The molecule has 106 valence electrons. The Morgan fingerprint density at radius 1 is 0.727 bits per heavy atom. The van der Waals surface area contributed by atoms with E-state index < -0.39 is 0 Å². The Morgan fingerprint density at radius 3 is 2.23 bits per heavy atom. The molecule has 2 atom stereocenters. The summed E-state index contributed by atoms with van der Waals surface area (Å²) in [7, 11) is 0. The molecule has 0 saturated carbocycles. The van der Waals surface area contributed by atoms with Gasteiger partial charge in [0.05, 0.1) is 5.71 Å². The number of rotatable bonds is 2. The van der Waals surface area contributed by atoms with Gasteiger partial charge in [0.1, 0.15) is 0 Å². The third kappa shape index (κ3) is 2.25. The standard InChI is InChI=1S/C21H17N/c1-4-10-16(11-5-1)20-18-14-8-3-9-15-19(18)22-21(20)17-12-6-2-7-13-17/h1-15,18,20H. The van der Waals surface area contributed by atoms with E-state index in [4.69, 9.17) is 4.99 Å². The van der Waals surface area contributed by atoms with E-state index >= 15 is 0 Å². The van der Waals surface area contributed by atoms with E-state index in [1.54, 1.807) is 0 Å². The smallest absolute Gasteiger partial charge is 0.0564 e. The van der Waals surface area contributed by atoms with E-state index in [1.807, 2.05) is 0 Å². The normalized spacial score (nSPS) is 22.7. The SMILES string of the molecule is C1=CC=C2N=C(c3ccccc3)C(c3ccccc3)C2C=C1. The van der Waals surface area contributed by atoms with Crippen LogP contribution in [0.15, 0.2) is 102 Å². The average molecular weight is 283 g/mol. The number of hydrogen-bond donors (Lipinski definition) is 0. The van der Waals surface area contributed by atoms with Gasteiger partial charge >= 0.3 is 0 Å². The molecular weight excluding hydrogens is 266 g/mol. The van der Waals surface area contributed by atoms with Crippen LogP contribution in [-0.2, 0) is 0 Å². The molecule has 0 amide bonds. The number of nitrogens with zero attached hydrogens (tertiary/aromatic N) is 1. The van der Waals surface area contributed by atoms with Crippen LogP contribution in [0.5, 0.6) is 0 Å². The molecule has 0 N–H and O–H groups in total. The van der Waals surface area contributed by atoms with Crippen molar-refractivity contribution < 1.29 is 0 Å². The van der Waals surface area contributed by atoms with Gasteiger partial charge in [0.25, 0.3) is 0 Å². The summed E-state index contributed by atoms with van der Waals surface area (Å²) in [6, 6.07) is 21.2. The molecule has 0 saturated heterocycles. The minimum Gasteiger partial charge on any atom is -0.256 e. The maximum Gasteiger partial charge on any atom is 0.0564 e. The van der Waals surface area contributed by atoms with E-state index in [9.17, 15) is 0 Å². The van der Waals surface area contributed by atoms with Gasteiger partial charge in [0.2, 0.25) is 0 Å². The highest BCUT2D eigenvalue weighted by Crippen LogP contribution is 2.41. The van der Waals surface area contributed by atoms with Gasteiger partial charge in [-0.1, -0.05) is 85.0 Å². The van der Waals surface area contributed by atoms with E-state index in [-0.39, 0.29) is 5.92 Å². The first kappa shape index (κ1) is 13.0. The number of aliphatic imine (C=N–C) groups is 1. The largest absolute Gasteiger partial charge is 0.256 e. The van der Waals surface area contributed by atoms with Gasteiger partial charge in [-0.15, -0.1) is 0 Å². The molecule has 22 heavy (non-hydrogen) atoms. The van der Waals surface area contributed by atoms with Crippen molar-refractivity contribution in [2.75, 3.05) is 0 Å². The van der Waals surface area contributed by atoms with Gasteiger partial charge < -0.3 is 0 Å². The summed E-state index contributed by atoms with van der Waals surface area (Å²) in [4.78, 5) is 4.97. The molecule has 1 aliphatic carbocycles. The van der Waals surface area contributed by atoms with Gasteiger partial charge in [0.15, 0.2) is 0 Å². The molecule has 1 aliphatic heterocycles. The van der Waals surface area contributed by atoms with E-state index in [0.29, 0.717) is 5.92 Å². The summed E-state index contributed by atoms with van der Waals surface area (Å²) in [6.45, 7) is 0. The van der Waals surface area contributed by atoms with Crippen LogP contribution in [0.1, 0.15) is 17.0 Å². The molecule has 0 aromatic heterocycles. The molecule has 2 aliphatic rings. The van der Waals surface area contributed by atoms with E-state index in [2.05, 4.69) is 91.0 Å². The van der Waals surface area contributed by atoms with Gasteiger partial charge in [-0.3, -0.25) is 4.99 Å². The van der Waals surface area contributed by atoms with Crippen molar-refractivity contribution in [2.24, 2.45) is 10.9 Å². The summed E-state index contributed by atoms with van der Waals surface area (Å²) in [5.41, 5.74) is 4.86. The Hall–Kier alpha value is -2.67. The topological polar surface area (TPSA) is 12.4 Å². The summed E-state index contributed by atoms with van der Waals surface area (Å²) in [6.07, 6.45) is 10.7. The molecule has 1 nitrogen and oxygen atoms in total. The Labute approximate surface area is 131 Å². The number of allylic oxidation sites excluding steroid dienone is 5. The molecule has 0 fully saturated rings. The zero-order valence-corrected chi connectivity index (χ0v) is 12.3. The van der Waals surface area contributed by atoms with Crippen molar-refractivity contribution >= 4 is 5.71 Å². The first-order valence-corrected chi connectivity index (χ1v) is 7.67.